The zero-order valence-corrected chi connectivity index (χ0v) is 8.77. The highest BCUT2D eigenvalue weighted by molar-refractivity contribution is 6.03. The molecule has 2 N–H and O–H groups in total. The van der Waals surface area contributed by atoms with E-state index in [0.717, 1.165) is 11.1 Å². The van der Waals surface area contributed by atoms with Crippen LogP contribution in [0, 0.1) is 23.7 Å². The van der Waals surface area contributed by atoms with E-state index in [0.29, 0.717) is 11.4 Å². The minimum Gasteiger partial charge on any atom is -0.301 e. The molecule has 2 heteroatoms. The molecule has 0 aromatic carbocycles. The molecule has 0 saturated carbocycles. The first kappa shape index (κ1) is 10.3. The van der Waals surface area contributed by atoms with Gasteiger partial charge in [0.15, 0.2) is 11.3 Å². The summed E-state index contributed by atoms with van der Waals surface area (Å²) in [5, 5.41) is 14.7. The van der Waals surface area contributed by atoms with E-state index in [9.17, 15) is 0 Å². The molecule has 0 unspecified atom stereocenters. The van der Waals surface area contributed by atoms with E-state index >= 15 is 0 Å². The lowest BCUT2D eigenvalue weighted by Gasteiger charge is -1.96. The Bertz CT molecular complexity index is 453. The molecule has 2 rings (SSSR count). The number of hydrogen-bond acceptors (Lipinski definition) is 2. The molecule has 0 atom stereocenters. The molecule has 2 nitrogen and oxygen atoms in total. The molecule has 0 saturated heterocycles. The minimum absolute atomic E-state index is 0.524. The highest BCUT2D eigenvalue weighted by atomic mass is 14.4. The normalized spacial score (nSPS) is 18.2. The van der Waals surface area contributed by atoms with Crippen molar-refractivity contribution in [1.82, 2.24) is 0 Å². The van der Waals surface area contributed by atoms with Crippen LogP contribution in [-0.4, -0.2) is 11.4 Å². The van der Waals surface area contributed by atoms with E-state index in [1.807, 2.05) is 36.8 Å². The van der Waals surface area contributed by atoms with Gasteiger partial charge in [0.1, 0.15) is 24.6 Å². The van der Waals surface area contributed by atoms with Crippen molar-refractivity contribution < 1.29 is 0 Å². The van der Waals surface area contributed by atoms with Crippen LogP contribution in [0.3, 0.4) is 0 Å². The second-order valence-electron chi connectivity index (χ2n) is 3.58. The van der Waals surface area contributed by atoms with E-state index in [1.165, 1.54) is 0 Å². The first-order valence-electron chi connectivity index (χ1n) is 5.05. The van der Waals surface area contributed by atoms with Gasteiger partial charge in [0.2, 0.25) is 0 Å². The fourth-order valence-corrected chi connectivity index (χ4v) is 1.38. The molecule has 16 heavy (non-hydrogen) atoms. The van der Waals surface area contributed by atoms with Crippen LogP contribution in [0.1, 0.15) is 0 Å². The summed E-state index contributed by atoms with van der Waals surface area (Å²) in [5.74, 6) is 0. The quantitative estimate of drug-likeness (QED) is 0.655. The van der Waals surface area contributed by atoms with Gasteiger partial charge in [-0.1, -0.05) is 0 Å². The Morgan fingerprint density at radius 2 is 1.75 bits per heavy atom. The molecule has 0 spiro atoms. The van der Waals surface area contributed by atoms with Crippen molar-refractivity contribution in [3.8, 4) is 0 Å². The predicted octanol–water partition coefficient (Wildman–Crippen LogP) is 2.98. The Kier molecular flexibility index (Phi) is 2.92. The molecule has 0 aromatic rings. The summed E-state index contributed by atoms with van der Waals surface area (Å²) in [6.07, 6.45) is 18.7. The summed E-state index contributed by atoms with van der Waals surface area (Å²) in [6.45, 7) is 0. The lowest BCUT2D eigenvalue weighted by molar-refractivity contribution is 1.44. The van der Waals surface area contributed by atoms with Gasteiger partial charge in [0.05, 0.1) is 12.1 Å². The van der Waals surface area contributed by atoms with Gasteiger partial charge in [-0.2, -0.15) is 0 Å². The fraction of sp³-hybridized carbons (Fsp3) is 0. The van der Waals surface area contributed by atoms with Gasteiger partial charge in [-0.05, 0) is 24.3 Å². The van der Waals surface area contributed by atoms with Crippen molar-refractivity contribution in [2.45, 2.75) is 0 Å². The molecule has 0 heterocycles. The smallest absolute Gasteiger partial charge is 0.196 e. The van der Waals surface area contributed by atoms with Crippen molar-refractivity contribution in [2.24, 2.45) is 0 Å². The standard InChI is InChI=1S/C14H12N2/c15-13-7-3-11(4-8-13)1-2-12-5-9-14(16)10-6-12/h1-10,15-16H/q+2. The maximum Gasteiger partial charge on any atom is 0.196 e. The van der Waals surface area contributed by atoms with Crippen LogP contribution < -0.4 is 0 Å². The Morgan fingerprint density at radius 1 is 1.00 bits per heavy atom. The Morgan fingerprint density at radius 3 is 2.38 bits per heavy atom. The van der Waals surface area contributed by atoms with Crippen molar-refractivity contribution in [3.63, 3.8) is 0 Å². The van der Waals surface area contributed by atoms with E-state index in [2.05, 4.69) is 0 Å². The monoisotopic (exact) mass is 208 g/mol. The van der Waals surface area contributed by atoms with E-state index in [4.69, 9.17) is 10.8 Å². The van der Waals surface area contributed by atoms with Gasteiger partial charge in [0.25, 0.3) is 0 Å². The van der Waals surface area contributed by atoms with Crippen LogP contribution in [-0.2, 0) is 0 Å². The number of hydrogen-bond donors (Lipinski definition) is 2. The van der Waals surface area contributed by atoms with Gasteiger partial charge < -0.3 is 5.41 Å². The number of allylic oxidation sites excluding steroid dienone is 10. The zero-order chi connectivity index (χ0) is 11.4. The molecule has 76 valence electrons. The SMILES string of the molecule is N=C1C=CC(=C[CH+]C2=C[CH+]C(=N)C=C2)C=C1. The number of nitrogens with one attached hydrogen (secondary N) is 2. The van der Waals surface area contributed by atoms with Crippen molar-refractivity contribution in [2.75, 3.05) is 0 Å². The average Bonchev–Trinajstić information content (AvgIpc) is 2.30. The van der Waals surface area contributed by atoms with Crippen LogP contribution in [0.5, 0.6) is 0 Å². The topological polar surface area (TPSA) is 47.7 Å². The molecule has 0 amide bonds. The van der Waals surface area contributed by atoms with Crippen LogP contribution >= 0.6 is 0 Å². The largest absolute Gasteiger partial charge is 0.301 e. The van der Waals surface area contributed by atoms with Crippen LogP contribution in [0.15, 0.2) is 59.8 Å². The van der Waals surface area contributed by atoms with Crippen LogP contribution in [0.4, 0.5) is 0 Å². The van der Waals surface area contributed by atoms with Gasteiger partial charge in [-0.25, -0.2) is 0 Å². The van der Waals surface area contributed by atoms with Gasteiger partial charge in [0, 0.05) is 11.6 Å². The summed E-state index contributed by atoms with van der Waals surface area (Å²) in [7, 11) is 0. The first-order valence-corrected chi connectivity index (χ1v) is 5.05. The highest BCUT2D eigenvalue weighted by Crippen LogP contribution is 2.14. The van der Waals surface area contributed by atoms with Crippen molar-refractivity contribution in [3.05, 3.63) is 72.6 Å². The van der Waals surface area contributed by atoms with Gasteiger partial charge >= 0.3 is 0 Å². The molecule has 0 bridgehead atoms. The average molecular weight is 208 g/mol. The second kappa shape index (κ2) is 4.53. The first-order chi connectivity index (χ1) is 7.74. The van der Waals surface area contributed by atoms with Crippen molar-refractivity contribution >= 4 is 11.4 Å². The summed E-state index contributed by atoms with van der Waals surface area (Å²) < 4.78 is 0. The molecular formula is C14H12N2+2. The summed E-state index contributed by atoms with van der Waals surface area (Å²) in [5.41, 5.74) is 3.20. The maximum atomic E-state index is 7.37. The van der Waals surface area contributed by atoms with E-state index < -0.39 is 0 Å². The van der Waals surface area contributed by atoms with Crippen molar-refractivity contribution in [1.29, 1.82) is 10.8 Å². The molecule has 2 aliphatic carbocycles. The maximum absolute atomic E-state index is 7.37. The third kappa shape index (κ3) is 2.64. The Balaban J connectivity index is 1.98. The molecule has 0 aliphatic heterocycles. The molecular weight excluding hydrogens is 196 g/mol. The van der Waals surface area contributed by atoms with E-state index in [-0.39, 0.29) is 0 Å². The van der Waals surface area contributed by atoms with Gasteiger partial charge in [-0.15, -0.1) is 0 Å². The van der Waals surface area contributed by atoms with Crippen LogP contribution in [0.2, 0.25) is 0 Å². The minimum atomic E-state index is 0.524. The number of rotatable bonds is 2. The second-order valence-corrected chi connectivity index (χ2v) is 3.58. The summed E-state index contributed by atoms with van der Waals surface area (Å²) in [4.78, 5) is 0. The lowest BCUT2D eigenvalue weighted by atomic mass is 10.0. The van der Waals surface area contributed by atoms with Gasteiger partial charge in [-0.3, -0.25) is 5.41 Å². The Labute approximate surface area is 95.4 Å². The summed E-state index contributed by atoms with van der Waals surface area (Å²) in [6, 6.07) is 0. The van der Waals surface area contributed by atoms with E-state index in [1.54, 1.807) is 24.6 Å². The molecule has 0 aromatic heterocycles. The molecule has 2 aliphatic rings. The summed E-state index contributed by atoms with van der Waals surface area (Å²) >= 11 is 0. The fourth-order valence-electron chi connectivity index (χ4n) is 1.38. The highest BCUT2D eigenvalue weighted by Gasteiger charge is 2.15. The predicted molar refractivity (Wildman–Crippen MR) is 67.6 cm³/mol. The third-order valence-electron chi connectivity index (χ3n) is 2.29. The third-order valence-corrected chi connectivity index (χ3v) is 2.29. The zero-order valence-electron chi connectivity index (χ0n) is 8.77. The molecule has 0 fully saturated rings. The lowest BCUT2D eigenvalue weighted by Crippen LogP contribution is -1.96. The Hall–Kier alpha value is -2.22. The van der Waals surface area contributed by atoms with Crippen LogP contribution in [0.25, 0.3) is 0 Å². The molecule has 0 radical (unpaired) electrons.